The lowest BCUT2D eigenvalue weighted by Gasteiger charge is -2.16. The van der Waals surface area contributed by atoms with E-state index < -0.39 is 14.0 Å². The van der Waals surface area contributed by atoms with Gasteiger partial charge in [0.1, 0.15) is 29.0 Å². The molecule has 8 heteroatoms. The first-order chi connectivity index (χ1) is 15.2. The minimum atomic E-state index is -1.16. The summed E-state index contributed by atoms with van der Waals surface area (Å²) in [5.41, 5.74) is 0.902. The number of halogens is 1. The number of fused-ring (bicyclic) bond motifs is 2. The van der Waals surface area contributed by atoms with Crippen LogP contribution in [0, 0.1) is 0 Å². The number of nitrogens with zero attached hydrogens (tertiary/aromatic N) is 2. The van der Waals surface area contributed by atoms with Gasteiger partial charge in [0, 0.05) is 32.3 Å². The summed E-state index contributed by atoms with van der Waals surface area (Å²) in [6.07, 6.45) is 1.90. The molecule has 1 N–H and O–H groups in total. The standard InChI is InChI=1S/C24H25ClN2O4Si/c1-32(2,3)13-12-30-15-27-11-10-19-21(14-22(25)26-23(19)27)31-20-9-5-6-16-17(20)7-4-8-18(16)24(28)29/h4-11,14H,12-13,15H2,1-3H3,(H,28,29). The summed E-state index contributed by atoms with van der Waals surface area (Å²) >= 11 is 6.31. The molecule has 2 heterocycles. The summed E-state index contributed by atoms with van der Waals surface area (Å²) in [4.78, 5) is 16.1. The summed E-state index contributed by atoms with van der Waals surface area (Å²) < 4.78 is 14.0. The molecule has 166 valence electrons. The Morgan fingerprint density at radius 2 is 1.81 bits per heavy atom. The summed E-state index contributed by atoms with van der Waals surface area (Å²) in [5, 5.41) is 11.9. The lowest BCUT2D eigenvalue weighted by atomic mass is 10.0. The lowest BCUT2D eigenvalue weighted by Crippen LogP contribution is -2.22. The van der Waals surface area contributed by atoms with Crippen LogP contribution in [0.3, 0.4) is 0 Å². The molecular formula is C24H25ClN2O4Si. The molecular weight excluding hydrogens is 444 g/mol. The van der Waals surface area contributed by atoms with Crippen LogP contribution in [0.15, 0.2) is 54.7 Å². The highest BCUT2D eigenvalue weighted by Gasteiger charge is 2.16. The van der Waals surface area contributed by atoms with Crippen LogP contribution in [0.5, 0.6) is 11.5 Å². The van der Waals surface area contributed by atoms with E-state index in [1.807, 2.05) is 29.0 Å². The number of carboxylic acid groups (broad SMARTS) is 1. The van der Waals surface area contributed by atoms with Crippen LogP contribution in [0.4, 0.5) is 0 Å². The Morgan fingerprint density at radius 1 is 1.06 bits per heavy atom. The molecule has 0 aliphatic heterocycles. The molecule has 32 heavy (non-hydrogen) atoms. The van der Waals surface area contributed by atoms with E-state index in [0.717, 1.165) is 11.4 Å². The molecule has 6 nitrogen and oxygen atoms in total. The number of rotatable bonds is 8. The second kappa shape index (κ2) is 8.94. The quantitative estimate of drug-likeness (QED) is 0.178. The van der Waals surface area contributed by atoms with E-state index in [1.165, 1.54) is 0 Å². The molecule has 2 aromatic heterocycles. The number of aromatic nitrogens is 2. The van der Waals surface area contributed by atoms with E-state index in [1.54, 1.807) is 30.3 Å². The van der Waals surface area contributed by atoms with E-state index >= 15 is 0 Å². The van der Waals surface area contributed by atoms with Gasteiger partial charge in [-0.25, -0.2) is 9.78 Å². The fourth-order valence-corrected chi connectivity index (χ4v) is 4.44. The maximum atomic E-state index is 11.6. The zero-order valence-electron chi connectivity index (χ0n) is 18.3. The van der Waals surface area contributed by atoms with Crippen LogP contribution in [0.2, 0.25) is 30.8 Å². The molecule has 0 bridgehead atoms. The molecule has 2 aromatic carbocycles. The number of benzene rings is 2. The van der Waals surface area contributed by atoms with Gasteiger partial charge >= 0.3 is 5.97 Å². The fraction of sp³-hybridized carbons (Fsp3) is 0.250. The summed E-state index contributed by atoms with van der Waals surface area (Å²) in [6.45, 7) is 8.05. The number of ether oxygens (including phenoxy) is 2. The van der Waals surface area contributed by atoms with Crippen molar-refractivity contribution in [2.45, 2.75) is 32.4 Å². The average Bonchev–Trinajstić information content (AvgIpc) is 3.13. The summed E-state index contributed by atoms with van der Waals surface area (Å²) in [7, 11) is -1.16. The first kappa shape index (κ1) is 22.3. The third-order valence-corrected chi connectivity index (χ3v) is 7.12. The zero-order chi connectivity index (χ0) is 22.9. The van der Waals surface area contributed by atoms with Crippen molar-refractivity contribution in [3.05, 3.63) is 65.4 Å². The average molecular weight is 469 g/mol. The van der Waals surface area contributed by atoms with E-state index in [2.05, 4.69) is 24.6 Å². The van der Waals surface area contributed by atoms with Gasteiger partial charge in [0.05, 0.1) is 10.9 Å². The first-order valence-electron chi connectivity index (χ1n) is 10.4. The predicted octanol–water partition coefficient (Wildman–Crippen LogP) is 6.65. The molecule has 0 amide bonds. The van der Waals surface area contributed by atoms with Crippen LogP contribution < -0.4 is 4.74 Å². The van der Waals surface area contributed by atoms with Crippen LogP contribution in [0.1, 0.15) is 10.4 Å². The molecule has 0 aliphatic carbocycles. The molecule has 0 spiro atoms. The fourth-order valence-electron chi connectivity index (χ4n) is 3.51. The summed E-state index contributed by atoms with van der Waals surface area (Å²) in [5.74, 6) is 0.121. The predicted molar refractivity (Wildman–Crippen MR) is 130 cm³/mol. The Kier molecular flexibility index (Phi) is 6.23. The number of carboxylic acids is 1. The molecule has 0 aliphatic rings. The van der Waals surface area contributed by atoms with Crippen molar-refractivity contribution in [3.8, 4) is 11.5 Å². The molecule has 4 aromatic rings. The Balaban J connectivity index is 1.65. The van der Waals surface area contributed by atoms with Gasteiger partial charge in [0.2, 0.25) is 0 Å². The van der Waals surface area contributed by atoms with Crippen molar-refractivity contribution in [2.24, 2.45) is 0 Å². The van der Waals surface area contributed by atoms with Gasteiger partial charge in [-0.1, -0.05) is 55.5 Å². The van der Waals surface area contributed by atoms with E-state index in [0.29, 0.717) is 46.4 Å². The Hall–Kier alpha value is -2.87. The van der Waals surface area contributed by atoms with E-state index in [4.69, 9.17) is 21.1 Å². The lowest BCUT2D eigenvalue weighted by molar-refractivity contribution is 0.0699. The van der Waals surface area contributed by atoms with Crippen LogP contribution >= 0.6 is 11.6 Å². The highest BCUT2D eigenvalue weighted by atomic mass is 35.5. The van der Waals surface area contributed by atoms with Crippen molar-refractivity contribution in [1.82, 2.24) is 9.55 Å². The summed E-state index contributed by atoms with van der Waals surface area (Å²) in [6, 6.07) is 15.2. The van der Waals surface area contributed by atoms with Crippen LogP contribution in [0.25, 0.3) is 21.8 Å². The SMILES string of the molecule is C[Si](C)(C)CCOCn1ccc2c(Oc3cccc4c(C(=O)O)cccc34)cc(Cl)nc21. The topological polar surface area (TPSA) is 73.6 Å². The Morgan fingerprint density at radius 3 is 2.56 bits per heavy atom. The van der Waals surface area contributed by atoms with Gasteiger partial charge < -0.3 is 19.1 Å². The highest BCUT2D eigenvalue weighted by Crippen LogP contribution is 2.36. The zero-order valence-corrected chi connectivity index (χ0v) is 20.0. The smallest absolute Gasteiger partial charge is 0.336 e. The molecule has 0 fully saturated rings. The number of pyridine rings is 1. The largest absolute Gasteiger partial charge is 0.478 e. The van der Waals surface area contributed by atoms with Gasteiger partial charge in [-0.05, 0) is 29.6 Å². The van der Waals surface area contributed by atoms with Crippen molar-refractivity contribution in [2.75, 3.05) is 6.61 Å². The van der Waals surface area contributed by atoms with Crippen molar-refractivity contribution < 1.29 is 19.4 Å². The van der Waals surface area contributed by atoms with Gasteiger partial charge in [0.25, 0.3) is 0 Å². The number of aromatic carboxylic acids is 1. The first-order valence-corrected chi connectivity index (χ1v) is 14.5. The molecule has 0 atom stereocenters. The Bertz CT molecular complexity index is 1300. The van der Waals surface area contributed by atoms with Crippen molar-refractivity contribution in [1.29, 1.82) is 0 Å². The van der Waals surface area contributed by atoms with E-state index in [9.17, 15) is 9.90 Å². The number of hydrogen-bond acceptors (Lipinski definition) is 4. The normalized spacial score (nSPS) is 11.9. The molecule has 0 saturated carbocycles. The Labute approximate surface area is 192 Å². The molecule has 4 rings (SSSR count). The second-order valence-corrected chi connectivity index (χ2v) is 14.9. The van der Waals surface area contributed by atoms with Crippen molar-refractivity contribution in [3.63, 3.8) is 0 Å². The molecule has 0 unspecified atom stereocenters. The van der Waals surface area contributed by atoms with Crippen molar-refractivity contribution >= 4 is 47.4 Å². The monoisotopic (exact) mass is 468 g/mol. The minimum Gasteiger partial charge on any atom is -0.478 e. The van der Waals surface area contributed by atoms with Crippen LogP contribution in [-0.4, -0.2) is 35.3 Å². The second-order valence-electron chi connectivity index (χ2n) is 8.88. The third-order valence-electron chi connectivity index (χ3n) is 5.22. The maximum absolute atomic E-state index is 11.6. The number of carbonyl (C=O) groups is 1. The van der Waals surface area contributed by atoms with Gasteiger partial charge in [-0.2, -0.15) is 0 Å². The molecule has 0 radical (unpaired) electrons. The van der Waals surface area contributed by atoms with Gasteiger partial charge in [-0.15, -0.1) is 0 Å². The van der Waals surface area contributed by atoms with E-state index in [-0.39, 0.29) is 5.56 Å². The molecule has 0 saturated heterocycles. The van der Waals surface area contributed by atoms with Gasteiger partial charge in [0.15, 0.2) is 0 Å². The highest BCUT2D eigenvalue weighted by molar-refractivity contribution is 6.76. The van der Waals surface area contributed by atoms with Gasteiger partial charge in [-0.3, -0.25) is 0 Å². The van der Waals surface area contributed by atoms with Crippen LogP contribution in [-0.2, 0) is 11.5 Å². The third kappa shape index (κ3) is 4.80. The number of hydrogen-bond donors (Lipinski definition) is 1. The minimum absolute atomic E-state index is 0.229. The maximum Gasteiger partial charge on any atom is 0.336 e.